The number of rotatable bonds is 5. The normalized spacial score (nSPS) is 10.9. The third kappa shape index (κ3) is 3.96. The molecule has 1 amide bonds. The third-order valence-corrected chi connectivity index (χ3v) is 5.30. The molecule has 8 heteroatoms. The summed E-state index contributed by atoms with van der Waals surface area (Å²) in [6, 6.07) is 13.5. The predicted molar refractivity (Wildman–Crippen MR) is 112 cm³/mol. The van der Waals surface area contributed by atoms with Gasteiger partial charge in [-0.2, -0.15) is 0 Å². The monoisotopic (exact) mass is 493 g/mol. The molecule has 1 N–H and O–H groups in total. The summed E-state index contributed by atoms with van der Waals surface area (Å²) in [7, 11) is 0. The van der Waals surface area contributed by atoms with Crippen LogP contribution in [0, 0.1) is 9.39 Å². The topological polar surface area (TPSA) is 55.6 Å². The predicted octanol–water partition coefficient (Wildman–Crippen LogP) is 4.82. The molecule has 4 rings (SSSR count). The number of nitrogens with zero attached hydrogens (tertiary/aromatic N) is 2. The van der Waals surface area contributed by atoms with Crippen LogP contribution < -0.4 is 10.1 Å². The summed E-state index contributed by atoms with van der Waals surface area (Å²) in [5.74, 6) is 0.536. The number of hydrogen-bond donors (Lipinski definition) is 1. The summed E-state index contributed by atoms with van der Waals surface area (Å²) in [6.07, 6.45) is 1.83. The van der Waals surface area contributed by atoms with Crippen molar-refractivity contribution in [2.45, 2.75) is 0 Å². The van der Waals surface area contributed by atoms with Crippen molar-refractivity contribution in [3.8, 4) is 17.0 Å². The summed E-state index contributed by atoms with van der Waals surface area (Å²) in [5.41, 5.74) is 1.31. The second kappa shape index (κ2) is 7.65. The van der Waals surface area contributed by atoms with Crippen molar-refractivity contribution in [1.29, 1.82) is 0 Å². The van der Waals surface area contributed by atoms with Gasteiger partial charge in [0.05, 0.1) is 0 Å². The molecule has 0 saturated carbocycles. The summed E-state index contributed by atoms with van der Waals surface area (Å²) in [5, 5.41) is 4.75. The number of carbonyl (C=O) groups is 1. The standard InChI is InChI=1S/C19H13FIN3O2S/c20-13-3-1-12(2-4-13)17-18(24-9-10-27-19(24)23-17)22-16(25)11-26-15-7-5-14(21)6-8-15/h1-10H,11H2,(H,22,25). The van der Waals surface area contributed by atoms with Crippen molar-refractivity contribution < 1.29 is 13.9 Å². The van der Waals surface area contributed by atoms with Crippen LogP contribution in [0.2, 0.25) is 0 Å². The van der Waals surface area contributed by atoms with Gasteiger partial charge in [-0.15, -0.1) is 11.3 Å². The Morgan fingerprint density at radius 2 is 1.93 bits per heavy atom. The van der Waals surface area contributed by atoms with Crippen molar-refractivity contribution in [1.82, 2.24) is 9.38 Å². The Balaban J connectivity index is 1.56. The lowest BCUT2D eigenvalue weighted by Gasteiger charge is -2.09. The van der Waals surface area contributed by atoms with Crippen LogP contribution in [0.3, 0.4) is 0 Å². The van der Waals surface area contributed by atoms with Crippen LogP contribution in [0.5, 0.6) is 5.75 Å². The minimum Gasteiger partial charge on any atom is -0.484 e. The van der Waals surface area contributed by atoms with Gasteiger partial charge in [-0.05, 0) is 71.1 Å². The van der Waals surface area contributed by atoms with Gasteiger partial charge in [0.25, 0.3) is 5.91 Å². The van der Waals surface area contributed by atoms with Crippen molar-refractivity contribution in [3.63, 3.8) is 0 Å². The zero-order valence-electron chi connectivity index (χ0n) is 13.9. The molecule has 0 aliphatic carbocycles. The van der Waals surface area contributed by atoms with E-state index in [-0.39, 0.29) is 18.3 Å². The highest BCUT2D eigenvalue weighted by atomic mass is 127. The SMILES string of the molecule is O=C(COc1ccc(I)cc1)Nc1c(-c2ccc(F)cc2)nc2sccn12. The lowest BCUT2D eigenvalue weighted by atomic mass is 10.1. The number of ether oxygens (including phenoxy) is 1. The molecule has 0 fully saturated rings. The van der Waals surface area contributed by atoms with Crippen LogP contribution in [-0.4, -0.2) is 21.9 Å². The molecule has 0 atom stereocenters. The zero-order chi connectivity index (χ0) is 18.8. The number of carbonyl (C=O) groups excluding carboxylic acids is 1. The van der Waals surface area contributed by atoms with Crippen molar-refractivity contribution in [3.05, 3.63) is 69.5 Å². The van der Waals surface area contributed by atoms with E-state index in [0.717, 1.165) is 14.1 Å². The molecule has 5 nitrogen and oxygen atoms in total. The van der Waals surface area contributed by atoms with Gasteiger partial charge in [0.2, 0.25) is 0 Å². The van der Waals surface area contributed by atoms with Gasteiger partial charge in [0.15, 0.2) is 11.6 Å². The maximum atomic E-state index is 13.2. The highest BCUT2D eigenvalue weighted by Crippen LogP contribution is 2.30. The van der Waals surface area contributed by atoms with Gasteiger partial charge in [0, 0.05) is 20.7 Å². The summed E-state index contributed by atoms with van der Waals surface area (Å²) < 4.78 is 21.7. The molecule has 0 aliphatic heterocycles. The third-order valence-electron chi connectivity index (χ3n) is 3.82. The van der Waals surface area contributed by atoms with Gasteiger partial charge < -0.3 is 10.1 Å². The molecule has 0 saturated heterocycles. The quantitative estimate of drug-likeness (QED) is 0.406. The van der Waals surface area contributed by atoms with Crippen LogP contribution in [-0.2, 0) is 4.79 Å². The molecule has 4 aromatic rings. The molecule has 0 unspecified atom stereocenters. The number of fused-ring (bicyclic) bond motifs is 1. The Kier molecular flexibility index (Phi) is 5.08. The number of halogens is 2. The lowest BCUT2D eigenvalue weighted by Crippen LogP contribution is -2.21. The number of imidazole rings is 1. The minimum atomic E-state index is -0.323. The highest BCUT2D eigenvalue weighted by Gasteiger charge is 2.17. The van der Waals surface area contributed by atoms with Crippen molar-refractivity contribution >= 4 is 50.6 Å². The number of hydrogen-bond acceptors (Lipinski definition) is 4. The molecule has 27 heavy (non-hydrogen) atoms. The Morgan fingerprint density at radius 1 is 1.19 bits per heavy atom. The zero-order valence-corrected chi connectivity index (χ0v) is 16.8. The maximum Gasteiger partial charge on any atom is 0.263 e. The highest BCUT2D eigenvalue weighted by molar-refractivity contribution is 14.1. The van der Waals surface area contributed by atoms with Crippen molar-refractivity contribution in [2.75, 3.05) is 11.9 Å². The van der Waals surface area contributed by atoms with Crippen LogP contribution in [0.15, 0.2) is 60.1 Å². The van der Waals surface area contributed by atoms with E-state index in [1.165, 1.54) is 23.5 Å². The maximum absolute atomic E-state index is 13.2. The number of amides is 1. The molecule has 136 valence electrons. The first-order valence-corrected chi connectivity index (χ1v) is 9.96. The summed E-state index contributed by atoms with van der Waals surface area (Å²) in [6.45, 7) is -0.124. The van der Waals surface area contributed by atoms with Crippen molar-refractivity contribution in [2.24, 2.45) is 0 Å². The van der Waals surface area contributed by atoms with E-state index < -0.39 is 0 Å². The molecular weight excluding hydrogens is 480 g/mol. The first-order chi connectivity index (χ1) is 13.1. The minimum absolute atomic E-state index is 0.124. The molecule has 0 spiro atoms. The molecule has 0 aliphatic rings. The van der Waals surface area contributed by atoms with E-state index in [2.05, 4.69) is 32.9 Å². The largest absolute Gasteiger partial charge is 0.484 e. The molecule has 2 heterocycles. The molecule has 2 aromatic heterocycles. The van der Waals surface area contributed by atoms with E-state index in [9.17, 15) is 9.18 Å². The average molecular weight is 493 g/mol. The van der Waals surface area contributed by atoms with E-state index in [1.54, 1.807) is 16.5 Å². The smallest absolute Gasteiger partial charge is 0.263 e. The second-order valence-electron chi connectivity index (χ2n) is 5.66. The average Bonchev–Trinajstić information content (AvgIpc) is 3.25. The molecule has 2 aromatic carbocycles. The summed E-state index contributed by atoms with van der Waals surface area (Å²) >= 11 is 3.66. The first kappa shape index (κ1) is 17.9. The number of benzene rings is 2. The van der Waals surface area contributed by atoms with Crippen LogP contribution >= 0.6 is 33.9 Å². The fourth-order valence-electron chi connectivity index (χ4n) is 2.56. The molecule has 0 bridgehead atoms. The van der Waals surface area contributed by atoms with Crippen LogP contribution in [0.25, 0.3) is 16.2 Å². The number of anilines is 1. The van der Waals surface area contributed by atoms with Crippen LogP contribution in [0.4, 0.5) is 10.2 Å². The van der Waals surface area contributed by atoms with E-state index >= 15 is 0 Å². The van der Waals surface area contributed by atoms with Gasteiger partial charge in [-0.1, -0.05) is 0 Å². The van der Waals surface area contributed by atoms with E-state index in [1.807, 2.05) is 35.8 Å². The Bertz CT molecular complexity index is 1090. The molecule has 0 radical (unpaired) electrons. The Hall–Kier alpha value is -2.46. The van der Waals surface area contributed by atoms with Crippen LogP contribution in [0.1, 0.15) is 0 Å². The first-order valence-electron chi connectivity index (χ1n) is 8.00. The lowest BCUT2D eigenvalue weighted by molar-refractivity contribution is -0.118. The molecular formula is C19H13FIN3O2S. The fourth-order valence-corrected chi connectivity index (χ4v) is 3.64. The summed E-state index contributed by atoms with van der Waals surface area (Å²) in [4.78, 5) is 17.7. The van der Waals surface area contributed by atoms with E-state index in [0.29, 0.717) is 17.3 Å². The second-order valence-corrected chi connectivity index (χ2v) is 7.78. The Labute approximate surface area is 172 Å². The van der Waals surface area contributed by atoms with E-state index in [4.69, 9.17) is 4.74 Å². The number of thiazole rings is 1. The number of aromatic nitrogens is 2. The fraction of sp³-hybridized carbons (Fsp3) is 0.0526. The number of nitrogens with one attached hydrogen (secondary N) is 1. The Morgan fingerprint density at radius 3 is 2.67 bits per heavy atom. The van der Waals surface area contributed by atoms with Gasteiger partial charge in [0.1, 0.15) is 23.1 Å². The van der Waals surface area contributed by atoms with Gasteiger partial charge in [-0.25, -0.2) is 9.37 Å². The van der Waals surface area contributed by atoms with Gasteiger partial charge in [-0.3, -0.25) is 9.20 Å². The van der Waals surface area contributed by atoms with Gasteiger partial charge >= 0.3 is 0 Å².